The van der Waals surface area contributed by atoms with E-state index in [0.717, 1.165) is 50.0 Å². The van der Waals surface area contributed by atoms with E-state index < -0.39 is 4.30 Å². The van der Waals surface area contributed by atoms with Crippen LogP contribution < -0.4 is 5.32 Å². The van der Waals surface area contributed by atoms with Crippen molar-refractivity contribution in [3.8, 4) is 33.5 Å². The largest absolute Gasteiger partial charge is 0.283 e. The summed E-state index contributed by atoms with van der Waals surface area (Å²) in [5.74, 6) is 0. The topological polar surface area (TPSA) is 63.6 Å². The highest BCUT2D eigenvalue weighted by Gasteiger charge is 2.17. The number of hydrogen-bond acceptors (Lipinski definition) is 5. The Labute approximate surface area is 217 Å². The number of pyridine rings is 4. The molecule has 35 heavy (non-hydrogen) atoms. The van der Waals surface area contributed by atoms with E-state index in [2.05, 4.69) is 51.1 Å². The third-order valence-electron chi connectivity index (χ3n) is 5.39. The summed E-state index contributed by atoms with van der Waals surface area (Å²) in [6.45, 7) is 4.08. The molecular weight excluding hydrogens is 552 g/mol. The monoisotopic (exact) mass is 575 g/mol. The van der Waals surface area contributed by atoms with Gasteiger partial charge in [0, 0.05) is 53.7 Å². The summed E-state index contributed by atoms with van der Waals surface area (Å²) in [4.78, 5) is 17.6. The molecule has 1 unspecified atom stereocenters. The van der Waals surface area contributed by atoms with Gasteiger partial charge in [0.2, 0.25) is 4.30 Å². The van der Waals surface area contributed by atoms with E-state index in [9.17, 15) is 4.39 Å². The van der Waals surface area contributed by atoms with Crippen molar-refractivity contribution < 1.29 is 4.39 Å². The van der Waals surface area contributed by atoms with Gasteiger partial charge in [0.05, 0.1) is 11.2 Å². The lowest BCUT2D eigenvalue weighted by Gasteiger charge is -2.16. The van der Waals surface area contributed by atoms with Crippen LogP contribution in [0.25, 0.3) is 50.5 Å². The van der Waals surface area contributed by atoms with Crippen molar-refractivity contribution in [2.45, 2.75) is 4.30 Å². The fourth-order valence-corrected chi connectivity index (χ4v) is 3.73. The third-order valence-corrected chi connectivity index (χ3v) is 6.01. The van der Waals surface area contributed by atoms with Crippen LogP contribution in [0.5, 0.6) is 0 Å². The first-order chi connectivity index (χ1) is 17.1. The highest BCUT2D eigenvalue weighted by molar-refractivity contribution is 14.1. The molecule has 5 nitrogen and oxygen atoms in total. The van der Waals surface area contributed by atoms with E-state index in [1.54, 1.807) is 60.6 Å². The maximum atomic E-state index is 11.3. The molecule has 1 N–H and O–H groups in total. The van der Waals surface area contributed by atoms with Crippen LogP contribution in [0.4, 0.5) is 4.39 Å². The van der Waals surface area contributed by atoms with Gasteiger partial charge in [-0.25, -0.2) is 9.37 Å². The summed E-state index contributed by atoms with van der Waals surface area (Å²) >= 11 is 1.63. The van der Waals surface area contributed by atoms with Crippen LogP contribution in [0.3, 0.4) is 0 Å². The Morgan fingerprint density at radius 1 is 0.800 bits per heavy atom. The average Bonchev–Trinajstić information content (AvgIpc) is 2.93. The number of hydrogen-bond donors (Lipinski definition) is 1. The Morgan fingerprint density at radius 3 is 1.89 bits per heavy atom. The summed E-state index contributed by atoms with van der Waals surface area (Å²) < 4.78 is 10.4. The highest BCUT2D eigenvalue weighted by atomic mass is 127. The van der Waals surface area contributed by atoms with Crippen molar-refractivity contribution in [1.82, 2.24) is 25.3 Å². The molecule has 0 saturated carbocycles. The molecule has 174 valence electrons. The van der Waals surface area contributed by atoms with Crippen LogP contribution in [0.2, 0.25) is 0 Å². The second-order valence-electron chi connectivity index (χ2n) is 7.48. The van der Waals surface area contributed by atoms with E-state index in [1.165, 1.54) is 0 Å². The molecule has 0 aliphatic carbocycles. The zero-order chi connectivity index (χ0) is 24.6. The Bertz CT molecular complexity index is 1410. The van der Waals surface area contributed by atoms with E-state index in [0.29, 0.717) is 0 Å². The number of benzene rings is 1. The number of aromatic nitrogens is 4. The lowest BCUT2D eigenvalue weighted by atomic mass is 9.92. The summed E-state index contributed by atoms with van der Waals surface area (Å²) in [5.41, 5.74) is 8.22. The molecule has 0 aliphatic heterocycles. The molecule has 0 bridgehead atoms. The minimum absolute atomic E-state index is 0.894. The first-order valence-electron chi connectivity index (χ1n) is 10.9. The van der Waals surface area contributed by atoms with Crippen LogP contribution in [-0.4, -0.2) is 31.3 Å². The highest BCUT2D eigenvalue weighted by Crippen LogP contribution is 2.38. The van der Waals surface area contributed by atoms with Crippen molar-refractivity contribution >= 4 is 39.6 Å². The van der Waals surface area contributed by atoms with Gasteiger partial charge in [-0.2, -0.15) is 0 Å². The van der Waals surface area contributed by atoms with Gasteiger partial charge in [0.15, 0.2) is 0 Å². The molecule has 7 heteroatoms. The smallest absolute Gasteiger partial charge is 0.202 e. The predicted octanol–water partition coefficient (Wildman–Crippen LogP) is 6.96. The molecule has 5 aromatic rings. The van der Waals surface area contributed by atoms with E-state index in [4.69, 9.17) is 4.98 Å². The van der Waals surface area contributed by atoms with Crippen molar-refractivity contribution in [3.05, 3.63) is 104 Å². The molecule has 0 aliphatic rings. The van der Waals surface area contributed by atoms with E-state index >= 15 is 0 Å². The third kappa shape index (κ3) is 5.75. The Morgan fingerprint density at radius 2 is 1.31 bits per heavy atom. The molecule has 0 fully saturated rings. The van der Waals surface area contributed by atoms with Gasteiger partial charge in [0.25, 0.3) is 0 Å². The lowest BCUT2D eigenvalue weighted by molar-refractivity contribution is 0.428. The summed E-state index contributed by atoms with van der Waals surface area (Å²) in [6, 6.07) is 18.4. The summed E-state index contributed by atoms with van der Waals surface area (Å²) in [6.07, 6.45) is 12.7. The molecule has 0 spiro atoms. The van der Waals surface area contributed by atoms with Crippen molar-refractivity contribution in [1.29, 1.82) is 0 Å². The standard InChI is InChI=1S/C26H18N4.C2H5FIN/c1-2-22-23-17-29-16-11-24(23)30-26(25(22)20-9-14-28-15-10-20)21-5-3-18(4-6-21)19-7-12-27-13-8-19;1-5-2(3)4/h2-17H,1H2;2,5H,1H3. The van der Waals surface area contributed by atoms with Crippen LogP contribution in [0, 0.1) is 0 Å². The van der Waals surface area contributed by atoms with Crippen LogP contribution in [0.1, 0.15) is 5.56 Å². The molecule has 1 aromatic carbocycles. The van der Waals surface area contributed by atoms with Gasteiger partial charge in [-0.05, 0) is 82.2 Å². The molecule has 5 rings (SSSR count). The van der Waals surface area contributed by atoms with E-state index in [1.807, 2.05) is 42.6 Å². The fourth-order valence-electron chi connectivity index (χ4n) is 3.73. The first-order valence-corrected chi connectivity index (χ1v) is 12.1. The maximum Gasteiger partial charge on any atom is 0.202 e. The van der Waals surface area contributed by atoms with Gasteiger partial charge in [-0.3, -0.25) is 20.3 Å². The quantitative estimate of drug-likeness (QED) is 0.140. The number of nitrogens with zero attached hydrogens (tertiary/aromatic N) is 4. The van der Waals surface area contributed by atoms with Gasteiger partial charge in [-0.15, -0.1) is 0 Å². The average molecular weight is 575 g/mol. The zero-order valence-electron chi connectivity index (χ0n) is 19.1. The van der Waals surface area contributed by atoms with Gasteiger partial charge >= 0.3 is 0 Å². The van der Waals surface area contributed by atoms with Gasteiger partial charge < -0.3 is 0 Å². The SMILES string of the molecule is C=Cc1c(-c2ccncc2)c(-c2ccc(-c3ccncc3)cc2)nc2ccncc12.CNC(F)I. The minimum atomic E-state index is -0.896. The normalized spacial score (nSPS) is 11.4. The Kier molecular flexibility index (Phi) is 8.23. The molecule has 0 radical (unpaired) electrons. The number of halogens is 2. The van der Waals surface area contributed by atoms with Crippen molar-refractivity contribution in [3.63, 3.8) is 0 Å². The fraction of sp³-hybridized carbons (Fsp3) is 0.0714. The Hall–Kier alpha value is -3.56. The first kappa shape index (κ1) is 24.6. The predicted molar refractivity (Wildman–Crippen MR) is 150 cm³/mol. The molecule has 4 heterocycles. The molecular formula is C28H23FIN5. The number of nitrogens with one attached hydrogen (secondary N) is 1. The second kappa shape index (κ2) is 11.7. The number of rotatable bonds is 5. The minimum Gasteiger partial charge on any atom is -0.283 e. The van der Waals surface area contributed by atoms with Crippen molar-refractivity contribution in [2.24, 2.45) is 0 Å². The lowest BCUT2D eigenvalue weighted by Crippen LogP contribution is -2.10. The number of fused-ring (bicyclic) bond motifs is 1. The van der Waals surface area contributed by atoms with Crippen LogP contribution in [-0.2, 0) is 0 Å². The Balaban J connectivity index is 0.000000527. The van der Waals surface area contributed by atoms with Gasteiger partial charge in [0.1, 0.15) is 0 Å². The van der Waals surface area contributed by atoms with Crippen molar-refractivity contribution in [2.75, 3.05) is 7.05 Å². The molecule has 4 aromatic heterocycles. The number of alkyl halides is 2. The molecule has 0 saturated heterocycles. The molecule has 1 atom stereocenters. The maximum absolute atomic E-state index is 11.3. The molecule has 0 amide bonds. The van der Waals surface area contributed by atoms with Crippen LogP contribution in [0.15, 0.2) is 98.4 Å². The zero-order valence-corrected chi connectivity index (χ0v) is 21.2. The summed E-state index contributed by atoms with van der Waals surface area (Å²) in [5, 5.41) is 3.33. The van der Waals surface area contributed by atoms with Gasteiger partial charge in [-0.1, -0.05) is 36.9 Å². The van der Waals surface area contributed by atoms with E-state index in [-0.39, 0.29) is 0 Å². The van der Waals surface area contributed by atoms with Crippen LogP contribution >= 0.6 is 22.6 Å². The second-order valence-corrected chi connectivity index (χ2v) is 8.58. The summed E-state index contributed by atoms with van der Waals surface area (Å²) in [7, 11) is 1.57.